The van der Waals surface area contributed by atoms with Gasteiger partial charge in [0.2, 0.25) is 0 Å². The molecule has 6 aliphatic rings. The van der Waals surface area contributed by atoms with E-state index in [1.807, 2.05) is 0 Å². The maximum Gasteiger partial charge on any atom is 0.252 e. The van der Waals surface area contributed by atoms with E-state index in [-0.39, 0.29) is 66.4 Å². The van der Waals surface area contributed by atoms with Crippen molar-refractivity contribution in [2.24, 2.45) is 0 Å². The van der Waals surface area contributed by atoms with Gasteiger partial charge in [0.1, 0.15) is 0 Å². The minimum atomic E-state index is -0.737. The monoisotopic (exact) mass is 1740 g/mol. The second kappa shape index (κ2) is 29.4. The number of benzene rings is 17. The molecule has 7 heteroatoms. The first-order valence-corrected chi connectivity index (χ1v) is 47.7. The lowest BCUT2D eigenvalue weighted by Gasteiger charge is -2.48. The molecule has 0 radical (unpaired) electrons. The summed E-state index contributed by atoms with van der Waals surface area (Å²) >= 11 is 0. The molecule has 2 aliphatic carbocycles. The molecule has 1 aromatic heterocycles. The smallest absolute Gasteiger partial charge is 0.252 e. The summed E-state index contributed by atoms with van der Waals surface area (Å²) in [4.78, 5) is 10.3. The minimum absolute atomic E-state index is 0.00506. The van der Waals surface area contributed by atoms with Crippen molar-refractivity contribution in [1.29, 1.82) is 0 Å². The van der Waals surface area contributed by atoms with Gasteiger partial charge in [0, 0.05) is 84.5 Å². The maximum absolute atomic E-state index is 10.4. The average Bonchev–Trinajstić information content (AvgIpc) is 0.919. The van der Waals surface area contributed by atoms with E-state index in [4.69, 9.17) is 0 Å². The van der Waals surface area contributed by atoms with Crippen LogP contribution in [0.5, 0.6) is 0 Å². The summed E-state index contributed by atoms with van der Waals surface area (Å²) in [6.45, 7) is 40.8. The molecule has 0 N–H and O–H groups in total. The van der Waals surface area contributed by atoms with E-state index in [0.717, 1.165) is 140 Å². The number of anilines is 12. The van der Waals surface area contributed by atoms with Crippen LogP contribution in [0, 0.1) is 0 Å². The van der Waals surface area contributed by atoms with Gasteiger partial charge in [0.15, 0.2) is 0 Å². The van der Waals surface area contributed by atoms with Gasteiger partial charge in [0.25, 0.3) is 13.4 Å². The maximum atomic E-state index is 10.4. The van der Waals surface area contributed by atoms with Gasteiger partial charge in [-0.3, -0.25) is 0 Å². The van der Waals surface area contributed by atoms with E-state index >= 15 is 0 Å². The number of nitrogens with zero attached hydrogens (tertiary/aromatic N) is 5. The lowest BCUT2D eigenvalue weighted by atomic mass is 9.30. The Labute approximate surface area is 803 Å². The normalized spacial score (nSPS) is 15.1. The van der Waals surface area contributed by atoms with Crippen LogP contribution in [0.4, 0.5) is 68.2 Å². The summed E-state index contributed by atoms with van der Waals surface area (Å²) < 4.78 is 80.9. The largest absolute Gasteiger partial charge is 0.311 e. The van der Waals surface area contributed by atoms with Crippen molar-refractivity contribution in [1.82, 2.24) is 4.57 Å². The Morgan fingerprint density at radius 2 is 0.560 bits per heavy atom. The van der Waals surface area contributed by atoms with Gasteiger partial charge in [-0.15, -0.1) is 0 Å². The van der Waals surface area contributed by atoms with Crippen LogP contribution in [-0.4, -0.2) is 18.0 Å². The fourth-order valence-electron chi connectivity index (χ4n) is 23.1. The van der Waals surface area contributed by atoms with Gasteiger partial charge in [0.05, 0.1) is 38.8 Å². The standard InChI is InChI=1S/C127H113B2N5/c1-121(2,3)81-65-82(122(4,5)6)69-87(68-81)131-109-61-37-33-57-103(109)128-105-76-106-112(77-111(105)133(89-72-85(125(13,14)15)67-86(73-89)126(16,17)18)114-64-80(63-113(131)118(114)128)91-50-39-53-99-96-47-27-32-56-102(96)127(117(91)99)100-54-30-25-45-94(100)95-46-26-31-55-101(95)127)134(120-92(78-41-21-19-22-42-78)51-40-52-93(120)79-43-23-20-24-44-79)116-75-90(130-107-59-35-28-48-97(107)98-49-29-36-60-108(98)130)74-115-119(116)129(106)104-58-34-38-62-110(104)132(115)88-70-83(123(7,8)9)66-84(71-88)124(10,11)12/h19-77H,1-18H3/i28D,29D,35D,36D,48D,49D,59D,60D. The highest BCUT2D eigenvalue weighted by molar-refractivity contribution is 7.03. The number of hydrogen-bond donors (Lipinski definition) is 0. The number of hydrogen-bond acceptors (Lipinski definition) is 4. The van der Waals surface area contributed by atoms with Crippen molar-refractivity contribution in [2.45, 2.75) is 163 Å². The second-order valence-corrected chi connectivity index (χ2v) is 44.3. The number of rotatable bonds is 8. The van der Waals surface area contributed by atoms with Gasteiger partial charge < -0.3 is 24.2 Å². The Morgan fingerprint density at radius 3 is 0.970 bits per heavy atom. The first-order chi connectivity index (χ1) is 67.6. The van der Waals surface area contributed by atoms with Crippen LogP contribution in [0.2, 0.25) is 0 Å². The molecule has 0 saturated heterocycles. The van der Waals surface area contributed by atoms with Crippen molar-refractivity contribution >= 4 is 136 Å². The molecular formula is C127H113B2N5. The predicted octanol–water partition coefficient (Wildman–Crippen LogP) is 30.1. The zero-order valence-electron chi connectivity index (χ0n) is 87.8. The summed E-state index contributed by atoms with van der Waals surface area (Å²) in [6.07, 6.45) is 0. The molecule has 652 valence electrons. The predicted molar refractivity (Wildman–Crippen MR) is 574 cm³/mol. The fraction of sp³-hybridized carbons (Fsp3) is 0.197. The quantitative estimate of drug-likeness (QED) is 0.141. The van der Waals surface area contributed by atoms with Gasteiger partial charge >= 0.3 is 0 Å². The zero-order valence-corrected chi connectivity index (χ0v) is 79.8. The molecule has 5 heterocycles. The Balaban J connectivity index is 0.907. The Hall–Kier alpha value is -14.1. The molecule has 0 saturated carbocycles. The van der Waals surface area contributed by atoms with Crippen LogP contribution in [-0.2, 0) is 37.9 Å². The Bertz CT molecular complexity index is 8210. The third-order valence-corrected chi connectivity index (χ3v) is 29.8. The number of aromatic nitrogens is 1. The van der Waals surface area contributed by atoms with Crippen LogP contribution >= 0.6 is 0 Å². The van der Waals surface area contributed by atoms with Crippen molar-refractivity contribution in [3.05, 3.63) is 413 Å². The molecule has 17 aromatic carbocycles. The van der Waals surface area contributed by atoms with Crippen LogP contribution in [0.1, 0.15) is 191 Å². The highest BCUT2D eigenvalue weighted by Crippen LogP contribution is 2.66. The van der Waals surface area contributed by atoms with E-state index in [2.05, 4.69) is 454 Å². The van der Waals surface area contributed by atoms with Gasteiger partial charge in [-0.25, -0.2) is 0 Å². The minimum Gasteiger partial charge on any atom is -0.311 e. The van der Waals surface area contributed by atoms with Gasteiger partial charge in [-0.2, -0.15) is 0 Å². The first kappa shape index (κ1) is 74.4. The molecule has 4 aliphatic heterocycles. The molecule has 0 fully saturated rings. The fourth-order valence-corrected chi connectivity index (χ4v) is 23.1. The molecule has 134 heavy (non-hydrogen) atoms. The molecule has 0 unspecified atom stereocenters. The SMILES string of the molecule is [2H]c1c([2H])c([2H])c2c(c1[2H])c1c([2H])c([2H])c([2H])c([2H])c1n2-c1cc2c3c(c1)N(c1c(-c4ccccc4)cccc1-c1ccccc1)c1cc4c(cc1B3c1ccccc1N2c1cc(C(C)(C)C)cc(C(C)(C)C)c1)B1c2ccccc2N(c2cc(C(C)(C)C)cc(C(C)(C)C)c2)c2cc(-c3cccc5c3C3(c6ccccc6-c6ccccc63)c3ccccc3-5)cc(c21)N4c1cc(C(C)(C)C)cc(C(C)(C)C)c1. The molecule has 5 nitrogen and oxygen atoms in total. The zero-order chi connectivity index (χ0) is 99.0. The Morgan fingerprint density at radius 1 is 0.239 bits per heavy atom. The van der Waals surface area contributed by atoms with E-state index in [9.17, 15) is 11.0 Å². The van der Waals surface area contributed by atoms with Crippen LogP contribution in [0.3, 0.4) is 0 Å². The molecule has 0 bridgehead atoms. The summed E-state index contributed by atoms with van der Waals surface area (Å²) in [6, 6.07) is 114. The van der Waals surface area contributed by atoms with Crippen LogP contribution < -0.4 is 52.4 Å². The molecular weight excluding hydrogens is 1620 g/mol. The van der Waals surface area contributed by atoms with Crippen molar-refractivity contribution < 1.29 is 11.0 Å². The van der Waals surface area contributed by atoms with Gasteiger partial charge in [-0.05, 0) is 256 Å². The van der Waals surface area contributed by atoms with E-state index in [1.54, 1.807) is 4.57 Å². The van der Waals surface area contributed by atoms with Crippen LogP contribution in [0.25, 0.3) is 83.1 Å². The van der Waals surface area contributed by atoms with Gasteiger partial charge in [-0.1, -0.05) is 391 Å². The second-order valence-electron chi connectivity index (χ2n) is 44.3. The summed E-state index contributed by atoms with van der Waals surface area (Å²) in [5.41, 5.74) is 38.6. The summed E-state index contributed by atoms with van der Waals surface area (Å²) in [5.74, 6) is 0. The molecule has 1 spiro atoms. The van der Waals surface area contributed by atoms with E-state index in [1.165, 1.54) is 72.2 Å². The molecule has 0 amide bonds. The molecule has 18 aromatic rings. The Kier molecular flexibility index (Phi) is 16.3. The lowest BCUT2D eigenvalue weighted by Crippen LogP contribution is -2.65. The lowest BCUT2D eigenvalue weighted by molar-refractivity contribution is 0.568. The summed E-state index contributed by atoms with van der Waals surface area (Å²) in [5, 5.41) is -0.0101. The molecule has 0 atom stereocenters. The highest BCUT2D eigenvalue weighted by Gasteiger charge is 2.55. The van der Waals surface area contributed by atoms with E-state index < -0.39 is 55.1 Å². The topological polar surface area (TPSA) is 17.9 Å². The first-order valence-electron chi connectivity index (χ1n) is 51.7. The van der Waals surface area contributed by atoms with E-state index in [0.29, 0.717) is 5.69 Å². The highest BCUT2D eigenvalue weighted by atomic mass is 15.2. The third-order valence-electron chi connectivity index (χ3n) is 29.8. The molecule has 24 rings (SSSR count). The average molecular weight is 1740 g/mol. The number of para-hydroxylation sites is 5. The third kappa shape index (κ3) is 12.5. The van der Waals surface area contributed by atoms with Crippen LogP contribution in [0.15, 0.2) is 358 Å². The van der Waals surface area contributed by atoms with Crippen molar-refractivity contribution in [3.63, 3.8) is 0 Å². The van der Waals surface area contributed by atoms with Crippen molar-refractivity contribution in [2.75, 3.05) is 19.6 Å². The summed E-state index contributed by atoms with van der Waals surface area (Å²) in [7, 11) is 0. The number of fused-ring (bicyclic) bond motifs is 21. The van der Waals surface area contributed by atoms with Crippen molar-refractivity contribution in [3.8, 4) is 61.3 Å².